The van der Waals surface area contributed by atoms with Gasteiger partial charge in [-0.25, -0.2) is 9.59 Å². The van der Waals surface area contributed by atoms with Crippen LogP contribution in [-0.4, -0.2) is 29.2 Å². The minimum atomic E-state index is -0.645. The minimum absolute atomic E-state index is 0.376. The van der Waals surface area contributed by atoms with Gasteiger partial charge in [-0.2, -0.15) is 0 Å². The monoisotopic (exact) mass is 325 g/mol. The number of carbonyl (C=O) groups is 2. The molecular weight excluding hydrogens is 302 g/mol. The van der Waals surface area contributed by atoms with E-state index in [4.69, 9.17) is 4.74 Å². The van der Waals surface area contributed by atoms with E-state index in [1.54, 1.807) is 20.8 Å². The molecule has 0 aliphatic carbocycles. The number of hydrogen-bond acceptors (Lipinski definition) is 4. The number of ether oxygens (including phenoxy) is 1. The highest BCUT2D eigenvalue weighted by Crippen LogP contribution is 2.20. The second-order valence-corrected chi connectivity index (χ2v) is 5.89. The molecule has 2 N–H and O–H groups in total. The van der Waals surface area contributed by atoms with Crippen molar-refractivity contribution in [2.45, 2.75) is 39.5 Å². The first-order valence-electron chi connectivity index (χ1n) is 7.03. The van der Waals surface area contributed by atoms with Crippen LogP contribution in [0.5, 0.6) is 0 Å². The summed E-state index contributed by atoms with van der Waals surface area (Å²) in [5, 5.41) is 2.70. The molecule has 0 saturated heterocycles. The zero-order chi connectivity index (χ0) is 16.8. The molecule has 0 spiro atoms. The predicted molar refractivity (Wildman–Crippen MR) is 88.5 cm³/mol. The van der Waals surface area contributed by atoms with Gasteiger partial charge in [-0.05, 0) is 33.3 Å². The lowest BCUT2D eigenvalue weighted by molar-refractivity contribution is 0.0148. The summed E-state index contributed by atoms with van der Waals surface area (Å²) in [6.07, 6.45) is -1.14. The maximum absolute atomic E-state index is 12.4. The Morgan fingerprint density at radius 2 is 1.86 bits per heavy atom. The van der Waals surface area contributed by atoms with Crippen molar-refractivity contribution in [3.63, 3.8) is 0 Å². The third kappa shape index (κ3) is 5.48. The normalized spacial score (nSPS) is 12.2. The third-order valence-electron chi connectivity index (χ3n) is 2.77. The summed E-state index contributed by atoms with van der Waals surface area (Å²) in [6, 6.07) is 8.70. The van der Waals surface area contributed by atoms with E-state index < -0.39 is 23.9 Å². The molecular formula is C15H23N3O3S. The molecule has 1 aromatic carbocycles. The zero-order valence-corrected chi connectivity index (χ0v) is 14.2. The van der Waals surface area contributed by atoms with Gasteiger partial charge in [0.05, 0.1) is 0 Å². The number of carbonyl (C=O) groups excluding carboxylic acids is 2. The topological polar surface area (TPSA) is 70.7 Å². The highest BCUT2D eigenvalue weighted by Gasteiger charge is 2.29. The largest absolute Gasteiger partial charge is 0.444 e. The summed E-state index contributed by atoms with van der Waals surface area (Å²) >= 11 is 3.72. The van der Waals surface area contributed by atoms with Crippen LogP contribution in [-0.2, 0) is 4.74 Å². The molecule has 7 heteroatoms. The fraction of sp³-hybridized carbons (Fsp3) is 0.467. The Bertz CT molecular complexity index is 503. The number of urea groups is 1. The molecule has 1 aromatic rings. The molecule has 0 radical (unpaired) electrons. The van der Waals surface area contributed by atoms with Crippen LogP contribution in [0, 0.1) is 0 Å². The number of thiol groups is 1. The third-order valence-corrected chi connectivity index (χ3v) is 2.97. The van der Waals surface area contributed by atoms with Crippen LogP contribution in [0.2, 0.25) is 0 Å². The number of amides is 3. The quantitative estimate of drug-likeness (QED) is 0.588. The molecule has 0 aliphatic rings. The van der Waals surface area contributed by atoms with E-state index in [9.17, 15) is 9.59 Å². The zero-order valence-electron chi connectivity index (χ0n) is 13.3. The number of nitrogens with one attached hydrogen (secondary N) is 2. The maximum atomic E-state index is 12.4. The predicted octanol–water partition coefficient (Wildman–Crippen LogP) is 3.09. The van der Waals surface area contributed by atoms with E-state index in [-0.39, 0.29) is 0 Å². The lowest BCUT2D eigenvalue weighted by Crippen LogP contribution is -2.47. The standard InChI is InChI=1S/C15H23N3O3S/c1-5-18(14(20)21-15(2,3)4)12(16-13(19)17-22)11-9-7-6-8-10-11/h6-10,12,22H,5H2,1-4H3,(H2,16,17,19). The van der Waals surface area contributed by atoms with E-state index in [1.165, 1.54) is 4.90 Å². The molecule has 0 heterocycles. The van der Waals surface area contributed by atoms with Gasteiger partial charge in [-0.15, -0.1) is 0 Å². The average Bonchev–Trinajstić information content (AvgIpc) is 2.45. The summed E-state index contributed by atoms with van der Waals surface area (Å²) in [7, 11) is 0. The van der Waals surface area contributed by atoms with Crippen LogP contribution in [0.25, 0.3) is 0 Å². The molecule has 0 saturated carbocycles. The van der Waals surface area contributed by atoms with Crippen LogP contribution in [0.15, 0.2) is 30.3 Å². The first-order chi connectivity index (χ1) is 10.3. The molecule has 22 heavy (non-hydrogen) atoms. The van der Waals surface area contributed by atoms with Crippen LogP contribution >= 0.6 is 12.8 Å². The Hall–Kier alpha value is -1.89. The Balaban J connectivity index is 3.06. The smallest absolute Gasteiger partial charge is 0.412 e. The van der Waals surface area contributed by atoms with Crippen molar-refractivity contribution in [2.24, 2.45) is 0 Å². The van der Waals surface area contributed by atoms with Crippen LogP contribution < -0.4 is 10.0 Å². The highest BCUT2D eigenvalue weighted by atomic mass is 32.1. The number of nitrogens with zero attached hydrogens (tertiary/aromatic N) is 1. The average molecular weight is 325 g/mol. The molecule has 122 valence electrons. The summed E-state index contributed by atoms with van der Waals surface area (Å²) in [5.41, 5.74) is 0.157. The second kappa shape index (κ2) is 7.93. The molecule has 1 unspecified atom stereocenters. The molecule has 1 rings (SSSR count). The van der Waals surface area contributed by atoms with E-state index in [0.29, 0.717) is 6.54 Å². The maximum Gasteiger partial charge on any atom is 0.412 e. The summed E-state index contributed by atoms with van der Waals surface area (Å²) < 4.78 is 7.60. The van der Waals surface area contributed by atoms with E-state index in [0.717, 1.165) is 5.56 Å². The molecule has 0 bridgehead atoms. The van der Waals surface area contributed by atoms with Crippen molar-refractivity contribution < 1.29 is 14.3 Å². The highest BCUT2D eigenvalue weighted by molar-refractivity contribution is 7.78. The van der Waals surface area contributed by atoms with Gasteiger partial charge in [-0.1, -0.05) is 43.1 Å². The van der Waals surface area contributed by atoms with Gasteiger partial charge >= 0.3 is 12.1 Å². The lowest BCUT2D eigenvalue weighted by atomic mass is 10.1. The fourth-order valence-electron chi connectivity index (χ4n) is 1.87. The van der Waals surface area contributed by atoms with Crippen molar-refractivity contribution in [1.29, 1.82) is 0 Å². The fourth-order valence-corrected chi connectivity index (χ4v) is 1.94. The second-order valence-electron chi connectivity index (χ2n) is 5.66. The first kappa shape index (κ1) is 18.2. The van der Waals surface area contributed by atoms with E-state index in [2.05, 4.69) is 22.9 Å². The van der Waals surface area contributed by atoms with Crippen molar-refractivity contribution in [1.82, 2.24) is 14.9 Å². The Morgan fingerprint density at radius 3 is 2.32 bits per heavy atom. The SMILES string of the molecule is CCN(C(=O)OC(C)(C)C)C(NC(=O)NS)c1ccccc1. The van der Waals surface area contributed by atoms with Gasteiger partial charge in [0.2, 0.25) is 0 Å². The number of benzene rings is 1. The number of hydrogen-bond donors (Lipinski definition) is 3. The van der Waals surface area contributed by atoms with Crippen molar-refractivity contribution in [2.75, 3.05) is 6.54 Å². The van der Waals surface area contributed by atoms with Gasteiger partial charge in [0, 0.05) is 6.54 Å². The van der Waals surface area contributed by atoms with Gasteiger partial charge in [-0.3, -0.25) is 9.62 Å². The van der Waals surface area contributed by atoms with Crippen molar-refractivity contribution in [3.8, 4) is 0 Å². The Morgan fingerprint density at radius 1 is 1.27 bits per heavy atom. The molecule has 3 amide bonds. The summed E-state index contributed by atoms with van der Waals surface area (Å²) in [5.74, 6) is 0. The molecule has 6 nitrogen and oxygen atoms in total. The summed E-state index contributed by atoms with van der Waals surface area (Å²) in [6.45, 7) is 7.58. The number of rotatable bonds is 4. The van der Waals surface area contributed by atoms with Gasteiger partial charge in [0.25, 0.3) is 0 Å². The van der Waals surface area contributed by atoms with Gasteiger partial charge in [0.15, 0.2) is 0 Å². The van der Waals surface area contributed by atoms with Gasteiger partial charge in [0.1, 0.15) is 11.8 Å². The van der Waals surface area contributed by atoms with Crippen LogP contribution in [0.3, 0.4) is 0 Å². The van der Waals surface area contributed by atoms with Gasteiger partial charge < -0.3 is 10.1 Å². The van der Waals surface area contributed by atoms with Crippen LogP contribution in [0.4, 0.5) is 9.59 Å². The van der Waals surface area contributed by atoms with Crippen LogP contribution in [0.1, 0.15) is 39.4 Å². The lowest BCUT2D eigenvalue weighted by Gasteiger charge is -2.33. The van der Waals surface area contributed by atoms with E-state index in [1.807, 2.05) is 37.3 Å². The Labute approximate surface area is 136 Å². The molecule has 1 atom stereocenters. The first-order valence-corrected chi connectivity index (χ1v) is 7.48. The van der Waals surface area contributed by atoms with E-state index >= 15 is 0 Å². The summed E-state index contributed by atoms with van der Waals surface area (Å²) in [4.78, 5) is 25.5. The molecule has 0 aromatic heterocycles. The van der Waals surface area contributed by atoms with Crippen molar-refractivity contribution in [3.05, 3.63) is 35.9 Å². The minimum Gasteiger partial charge on any atom is -0.444 e. The van der Waals surface area contributed by atoms with Crippen molar-refractivity contribution >= 4 is 24.9 Å². The molecule has 0 aliphatic heterocycles. The Kier molecular flexibility index (Phi) is 6.55. The molecule has 0 fully saturated rings.